The Hall–Kier alpha value is -3.20. The number of aromatic nitrogens is 4. The van der Waals surface area contributed by atoms with E-state index in [4.69, 9.17) is 16.2 Å². The first-order chi connectivity index (χ1) is 13.5. The van der Waals surface area contributed by atoms with Crippen LogP contribution in [-0.2, 0) is 6.54 Å². The predicted molar refractivity (Wildman–Crippen MR) is 112 cm³/mol. The van der Waals surface area contributed by atoms with Gasteiger partial charge in [-0.3, -0.25) is 0 Å². The molecule has 1 aliphatic rings. The molecule has 1 aromatic carbocycles. The molecule has 8 nitrogen and oxygen atoms in total. The second-order valence-electron chi connectivity index (χ2n) is 6.61. The summed E-state index contributed by atoms with van der Waals surface area (Å²) in [4.78, 5) is 10.9. The molecule has 0 spiro atoms. The fourth-order valence-corrected chi connectivity index (χ4v) is 4.03. The molecule has 0 radical (unpaired) electrons. The SMILES string of the molecule is C=Cc1c(C)nc(N)nc1N1CCOc2c(C)cc(-c3nnc(N)s3)cc2C1. The molecule has 0 fully saturated rings. The summed E-state index contributed by atoms with van der Waals surface area (Å²) >= 11 is 1.36. The highest BCUT2D eigenvalue weighted by Crippen LogP contribution is 2.36. The van der Waals surface area contributed by atoms with Gasteiger partial charge in [0.25, 0.3) is 0 Å². The third-order valence-corrected chi connectivity index (χ3v) is 5.45. The van der Waals surface area contributed by atoms with Crippen LogP contribution in [-0.4, -0.2) is 33.3 Å². The number of hydrogen-bond acceptors (Lipinski definition) is 9. The normalized spacial score (nSPS) is 13.6. The molecule has 0 atom stereocenters. The highest BCUT2D eigenvalue weighted by molar-refractivity contribution is 7.18. The van der Waals surface area contributed by atoms with Crippen LogP contribution in [0.2, 0.25) is 0 Å². The van der Waals surface area contributed by atoms with Crippen molar-refractivity contribution in [2.45, 2.75) is 20.4 Å². The van der Waals surface area contributed by atoms with E-state index in [2.05, 4.69) is 43.8 Å². The van der Waals surface area contributed by atoms with Gasteiger partial charge in [-0.15, -0.1) is 10.2 Å². The first-order valence-electron chi connectivity index (χ1n) is 8.83. The Morgan fingerprint density at radius 2 is 2.04 bits per heavy atom. The zero-order valence-electron chi connectivity index (χ0n) is 15.8. The predicted octanol–water partition coefficient (Wildman–Crippen LogP) is 2.82. The number of benzene rings is 1. The van der Waals surface area contributed by atoms with Crippen molar-refractivity contribution in [3.63, 3.8) is 0 Å². The molecule has 0 aliphatic carbocycles. The molecule has 3 aromatic rings. The number of nitrogen functional groups attached to an aromatic ring is 2. The van der Waals surface area contributed by atoms with Crippen LogP contribution < -0.4 is 21.1 Å². The molecule has 0 bridgehead atoms. The third-order valence-electron chi connectivity index (χ3n) is 4.64. The third kappa shape index (κ3) is 3.24. The van der Waals surface area contributed by atoms with Crippen LogP contribution in [0.1, 0.15) is 22.4 Å². The molecule has 0 amide bonds. The zero-order chi connectivity index (χ0) is 19.8. The number of fused-ring (bicyclic) bond motifs is 1. The van der Waals surface area contributed by atoms with Crippen molar-refractivity contribution >= 4 is 34.3 Å². The van der Waals surface area contributed by atoms with Crippen LogP contribution >= 0.6 is 11.3 Å². The summed E-state index contributed by atoms with van der Waals surface area (Å²) in [7, 11) is 0. The number of nitrogens with two attached hydrogens (primary N) is 2. The van der Waals surface area contributed by atoms with E-state index in [1.54, 1.807) is 6.08 Å². The number of anilines is 3. The average Bonchev–Trinajstić information content (AvgIpc) is 2.96. The molecule has 1 aliphatic heterocycles. The van der Waals surface area contributed by atoms with Crippen LogP contribution in [0.25, 0.3) is 16.6 Å². The van der Waals surface area contributed by atoms with Gasteiger partial charge in [-0.1, -0.05) is 24.0 Å². The lowest BCUT2D eigenvalue weighted by atomic mass is 10.0. The van der Waals surface area contributed by atoms with E-state index in [0.29, 0.717) is 24.8 Å². The Kier molecular flexibility index (Phi) is 4.60. The van der Waals surface area contributed by atoms with E-state index in [0.717, 1.165) is 44.5 Å². The molecule has 0 saturated carbocycles. The van der Waals surface area contributed by atoms with Crippen LogP contribution in [0, 0.1) is 13.8 Å². The van der Waals surface area contributed by atoms with Gasteiger partial charge in [0.2, 0.25) is 11.1 Å². The fourth-order valence-electron chi connectivity index (χ4n) is 3.44. The summed E-state index contributed by atoms with van der Waals surface area (Å²) in [6.07, 6.45) is 1.77. The van der Waals surface area contributed by atoms with Gasteiger partial charge in [0.15, 0.2) is 0 Å². The van der Waals surface area contributed by atoms with Gasteiger partial charge in [-0.25, -0.2) is 4.98 Å². The maximum atomic E-state index is 6.06. The Morgan fingerprint density at radius 3 is 2.75 bits per heavy atom. The van der Waals surface area contributed by atoms with E-state index < -0.39 is 0 Å². The van der Waals surface area contributed by atoms with Crippen molar-refractivity contribution in [1.29, 1.82) is 0 Å². The number of nitrogens with zero attached hydrogens (tertiary/aromatic N) is 5. The lowest BCUT2D eigenvalue weighted by Gasteiger charge is -2.24. The smallest absolute Gasteiger partial charge is 0.222 e. The fraction of sp³-hybridized carbons (Fsp3) is 0.263. The summed E-state index contributed by atoms with van der Waals surface area (Å²) in [5.74, 6) is 1.90. The van der Waals surface area contributed by atoms with Crippen molar-refractivity contribution in [3.8, 4) is 16.3 Å². The quantitative estimate of drug-likeness (QED) is 0.695. The van der Waals surface area contributed by atoms with E-state index in [1.807, 2.05) is 13.8 Å². The van der Waals surface area contributed by atoms with Crippen molar-refractivity contribution in [2.75, 3.05) is 29.5 Å². The second-order valence-corrected chi connectivity index (χ2v) is 7.61. The number of hydrogen-bond donors (Lipinski definition) is 2. The van der Waals surface area contributed by atoms with Crippen molar-refractivity contribution in [1.82, 2.24) is 20.2 Å². The monoisotopic (exact) mass is 395 g/mol. The summed E-state index contributed by atoms with van der Waals surface area (Å²) in [5.41, 5.74) is 16.4. The highest BCUT2D eigenvalue weighted by atomic mass is 32.1. The molecule has 0 saturated heterocycles. The van der Waals surface area contributed by atoms with Crippen LogP contribution in [0.4, 0.5) is 16.9 Å². The molecular formula is C19H21N7OS. The summed E-state index contributed by atoms with van der Waals surface area (Å²) in [6, 6.07) is 4.13. The Bertz CT molecular complexity index is 1060. The van der Waals surface area contributed by atoms with Gasteiger partial charge >= 0.3 is 0 Å². The lowest BCUT2D eigenvalue weighted by Crippen LogP contribution is -2.27. The minimum Gasteiger partial charge on any atom is -0.491 e. The summed E-state index contributed by atoms with van der Waals surface area (Å²) < 4.78 is 6.06. The number of aryl methyl sites for hydroxylation is 2. The van der Waals surface area contributed by atoms with Gasteiger partial charge in [-0.2, -0.15) is 4.98 Å². The minimum absolute atomic E-state index is 0.248. The van der Waals surface area contributed by atoms with Crippen molar-refractivity contribution in [2.24, 2.45) is 0 Å². The van der Waals surface area contributed by atoms with Gasteiger partial charge in [0, 0.05) is 23.2 Å². The molecule has 3 heterocycles. The number of ether oxygens (including phenoxy) is 1. The van der Waals surface area contributed by atoms with Crippen molar-refractivity contribution in [3.05, 3.63) is 41.1 Å². The minimum atomic E-state index is 0.248. The Balaban J connectivity index is 1.78. The van der Waals surface area contributed by atoms with E-state index >= 15 is 0 Å². The average molecular weight is 395 g/mol. The Morgan fingerprint density at radius 1 is 1.21 bits per heavy atom. The molecule has 144 valence electrons. The molecule has 4 rings (SSSR count). The van der Waals surface area contributed by atoms with Crippen LogP contribution in [0.15, 0.2) is 18.7 Å². The molecule has 2 aromatic heterocycles. The second kappa shape index (κ2) is 7.08. The van der Waals surface area contributed by atoms with Gasteiger partial charge < -0.3 is 21.1 Å². The van der Waals surface area contributed by atoms with E-state index in [1.165, 1.54) is 11.3 Å². The molecular weight excluding hydrogens is 374 g/mol. The first-order valence-corrected chi connectivity index (χ1v) is 9.65. The van der Waals surface area contributed by atoms with Crippen molar-refractivity contribution < 1.29 is 4.74 Å². The van der Waals surface area contributed by atoms with Gasteiger partial charge in [0.1, 0.15) is 23.2 Å². The summed E-state index contributed by atoms with van der Waals surface area (Å²) in [5, 5.41) is 9.32. The summed E-state index contributed by atoms with van der Waals surface area (Å²) in [6.45, 7) is 9.68. The highest BCUT2D eigenvalue weighted by Gasteiger charge is 2.22. The van der Waals surface area contributed by atoms with E-state index in [9.17, 15) is 0 Å². The molecule has 28 heavy (non-hydrogen) atoms. The maximum absolute atomic E-state index is 6.06. The topological polar surface area (TPSA) is 116 Å². The maximum Gasteiger partial charge on any atom is 0.222 e. The van der Waals surface area contributed by atoms with Gasteiger partial charge in [0.05, 0.1) is 12.2 Å². The first kappa shape index (κ1) is 18.2. The number of rotatable bonds is 3. The molecule has 0 unspecified atom stereocenters. The molecule has 4 N–H and O–H groups in total. The Labute approximate surface area is 166 Å². The van der Waals surface area contributed by atoms with E-state index in [-0.39, 0.29) is 5.95 Å². The standard InChI is InChI=1S/C19H21N7OS/c1-4-14-11(3)22-18(20)23-16(14)26-5-6-27-15-10(2)7-12(8-13(15)9-26)17-24-25-19(21)28-17/h4,7-8H,1,5-6,9H2,2-3H3,(H2,21,25)(H2,20,22,23). The van der Waals surface area contributed by atoms with Crippen LogP contribution in [0.5, 0.6) is 5.75 Å². The van der Waals surface area contributed by atoms with Crippen LogP contribution in [0.3, 0.4) is 0 Å². The lowest BCUT2D eigenvalue weighted by molar-refractivity contribution is 0.329. The largest absolute Gasteiger partial charge is 0.491 e. The zero-order valence-corrected chi connectivity index (χ0v) is 16.6. The molecule has 9 heteroatoms. The van der Waals surface area contributed by atoms with Gasteiger partial charge in [-0.05, 0) is 31.5 Å².